The third-order valence-corrected chi connectivity index (χ3v) is 4.77. The lowest BCUT2D eigenvalue weighted by Gasteiger charge is -2.13. The van der Waals surface area contributed by atoms with Crippen molar-refractivity contribution in [2.24, 2.45) is 0 Å². The highest BCUT2D eigenvalue weighted by molar-refractivity contribution is 7.80. The minimum absolute atomic E-state index is 0.00277. The summed E-state index contributed by atoms with van der Waals surface area (Å²) in [7, 11) is 0. The minimum atomic E-state index is -4.80. The maximum Gasteiger partial charge on any atom is 0.573 e. The van der Waals surface area contributed by atoms with Crippen molar-refractivity contribution in [1.82, 2.24) is 10.8 Å². The molecule has 2 aromatic rings. The Morgan fingerprint density at radius 1 is 0.971 bits per heavy atom. The van der Waals surface area contributed by atoms with Crippen molar-refractivity contribution in [1.29, 1.82) is 0 Å². The summed E-state index contributed by atoms with van der Waals surface area (Å²) in [5.41, 5.74) is 2.03. The molecule has 0 saturated heterocycles. The summed E-state index contributed by atoms with van der Waals surface area (Å²) in [5.74, 6) is -2.01. The average Bonchev–Trinajstić information content (AvgIpc) is 2.79. The predicted octanol–water partition coefficient (Wildman–Crippen LogP) is 4.72. The molecule has 8 nitrogen and oxygen atoms in total. The first-order valence-electron chi connectivity index (χ1n) is 10.5. The largest absolute Gasteiger partial charge is 0.573 e. The Kier molecular flexibility index (Phi) is 10.7. The second kappa shape index (κ2) is 13.4. The van der Waals surface area contributed by atoms with E-state index in [2.05, 4.69) is 20.7 Å². The number of hydrogen-bond donors (Lipinski definition) is 5. The number of carbonyl (C=O) groups is 2. The van der Waals surface area contributed by atoms with Crippen molar-refractivity contribution in [3.63, 3.8) is 0 Å². The average molecular weight is 517 g/mol. The highest BCUT2D eigenvalue weighted by Gasteiger charge is 2.30. The van der Waals surface area contributed by atoms with Gasteiger partial charge in [-0.1, -0.05) is 12.8 Å². The number of amides is 2. The molecule has 0 unspecified atom stereocenters. The molecular formula is C22H24F4N4O4S. The van der Waals surface area contributed by atoms with Gasteiger partial charge in [-0.2, -0.15) is 0 Å². The first-order chi connectivity index (χ1) is 16.6. The second-order valence-corrected chi connectivity index (χ2v) is 7.71. The SMILES string of the molecule is O=C(CCCCCCNC(=O)c1ccc(NC(=S)Nc2ccc(OC(F)(F)F)cc2)c(F)c1)NO. The van der Waals surface area contributed by atoms with E-state index < -0.39 is 29.7 Å². The van der Waals surface area contributed by atoms with Crippen LogP contribution in [0.5, 0.6) is 5.75 Å². The molecule has 0 aliphatic carbocycles. The van der Waals surface area contributed by atoms with E-state index in [9.17, 15) is 27.2 Å². The van der Waals surface area contributed by atoms with Crippen LogP contribution in [0, 0.1) is 5.82 Å². The van der Waals surface area contributed by atoms with E-state index in [1.165, 1.54) is 24.3 Å². The fourth-order valence-corrected chi connectivity index (χ4v) is 3.13. The molecule has 0 saturated carbocycles. The number of hydroxylamine groups is 1. The van der Waals surface area contributed by atoms with Crippen molar-refractivity contribution < 1.29 is 37.1 Å². The number of thiocarbonyl (C=S) groups is 1. The molecule has 13 heteroatoms. The van der Waals surface area contributed by atoms with Crippen LogP contribution in [-0.4, -0.2) is 35.0 Å². The summed E-state index contributed by atoms with van der Waals surface area (Å²) in [6, 6.07) is 8.63. The van der Waals surface area contributed by atoms with Crippen molar-refractivity contribution in [3.8, 4) is 5.75 Å². The Labute approximate surface area is 204 Å². The van der Waals surface area contributed by atoms with Crippen LogP contribution >= 0.6 is 12.2 Å². The van der Waals surface area contributed by atoms with Crippen LogP contribution in [0.15, 0.2) is 42.5 Å². The van der Waals surface area contributed by atoms with E-state index >= 15 is 0 Å². The number of hydrogen-bond acceptors (Lipinski definition) is 5. The topological polar surface area (TPSA) is 112 Å². The fraction of sp³-hybridized carbons (Fsp3) is 0.318. The van der Waals surface area contributed by atoms with Gasteiger partial charge in [-0.3, -0.25) is 14.8 Å². The molecule has 0 bridgehead atoms. The fourth-order valence-electron chi connectivity index (χ4n) is 2.91. The van der Waals surface area contributed by atoms with Crippen molar-refractivity contribution in [3.05, 3.63) is 53.8 Å². The van der Waals surface area contributed by atoms with Gasteiger partial charge in [0.25, 0.3) is 5.91 Å². The lowest BCUT2D eigenvalue weighted by atomic mass is 10.1. The molecule has 0 aliphatic rings. The summed E-state index contributed by atoms with van der Waals surface area (Å²) < 4.78 is 54.9. The number of ether oxygens (including phenoxy) is 1. The Morgan fingerprint density at radius 3 is 2.29 bits per heavy atom. The van der Waals surface area contributed by atoms with Gasteiger partial charge >= 0.3 is 6.36 Å². The summed E-state index contributed by atoms with van der Waals surface area (Å²) in [6.45, 7) is 0.382. The van der Waals surface area contributed by atoms with E-state index in [4.69, 9.17) is 17.4 Å². The number of benzene rings is 2. The predicted molar refractivity (Wildman–Crippen MR) is 125 cm³/mol. The third kappa shape index (κ3) is 10.6. The van der Waals surface area contributed by atoms with Crippen LogP contribution < -0.4 is 26.2 Å². The molecule has 0 atom stereocenters. The first-order valence-corrected chi connectivity index (χ1v) is 10.9. The van der Waals surface area contributed by atoms with Gasteiger partial charge in [0, 0.05) is 24.2 Å². The second-order valence-electron chi connectivity index (χ2n) is 7.30. The van der Waals surface area contributed by atoms with Crippen molar-refractivity contribution in [2.75, 3.05) is 17.2 Å². The van der Waals surface area contributed by atoms with Gasteiger partial charge in [0.15, 0.2) is 5.11 Å². The van der Waals surface area contributed by atoms with E-state index in [-0.39, 0.29) is 22.8 Å². The van der Waals surface area contributed by atoms with Gasteiger partial charge in [-0.05, 0) is 67.5 Å². The van der Waals surface area contributed by atoms with Gasteiger partial charge < -0.3 is 20.7 Å². The van der Waals surface area contributed by atoms with Gasteiger partial charge in [0.1, 0.15) is 11.6 Å². The lowest BCUT2D eigenvalue weighted by molar-refractivity contribution is -0.274. The number of carbonyl (C=O) groups excluding carboxylic acids is 2. The molecule has 2 rings (SSSR count). The van der Waals surface area contributed by atoms with Gasteiger partial charge in [-0.15, -0.1) is 13.2 Å². The van der Waals surface area contributed by atoms with Crippen LogP contribution in [0.25, 0.3) is 0 Å². The van der Waals surface area contributed by atoms with E-state index in [1.807, 2.05) is 0 Å². The third-order valence-electron chi connectivity index (χ3n) is 4.57. The highest BCUT2D eigenvalue weighted by Crippen LogP contribution is 2.24. The number of rotatable bonds is 11. The number of unbranched alkanes of at least 4 members (excludes halogenated alkanes) is 3. The zero-order valence-electron chi connectivity index (χ0n) is 18.4. The number of halogens is 4. The van der Waals surface area contributed by atoms with Crippen LogP contribution in [0.3, 0.4) is 0 Å². The zero-order chi connectivity index (χ0) is 25.8. The molecule has 0 radical (unpaired) electrons. The molecule has 2 aromatic carbocycles. The Hall–Kier alpha value is -3.45. The molecule has 0 fully saturated rings. The Morgan fingerprint density at radius 2 is 1.66 bits per heavy atom. The maximum atomic E-state index is 14.4. The van der Waals surface area contributed by atoms with Crippen LogP contribution in [0.4, 0.5) is 28.9 Å². The zero-order valence-corrected chi connectivity index (χ0v) is 19.2. The number of anilines is 2. The Bertz CT molecular complexity index is 1020. The molecule has 190 valence electrons. The summed E-state index contributed by atoms with van der Waals surface area (Å²) in [6.07, 6.45) is -1.73. The number of nitrogens with one attached hydrogen (secondary N) is 4. The van der Waals surface area contributed by atoms with E-state index in [0.29, 0.717) is 25.1 Å². The quantitative estimate of drug-likeness (QED) is 0.0966. The molecule has 0 aliphatic heterocycles. The van der Waals surface area contributed by atoms with Crippen LogP contribution in [0.1, 0.15) is 42.5 Å². The summed E-state index contributed by atoms with van der Waals surface area (Å²) in [4.78, 5) is 23.1. The molecular weight excluding hydrogens is 492 g/mol. The van der Waals surface area contributed by atoms with Crippen molar-refractivity contribution >= 4 is 40.5 Å². The molecule has 2 amide bonds. The molecule has 5 N–H and O–H groups in total. The maximum absolute atomic E-state index is 14.4. The first kappa shape index (κ1) is 27.8. The normalized spacial score (nSPS) is 10.9. The summed E-state index contributed by atoms with van der Waals surface area (Å²) >= 11 is 5.09. The van der Waals surface area contributed by atoms with Gasteiger partial charge in [-0.25, -0.2) is 9.87 Å². The van der Waals surface area contributed by atoms with Gasteiger partial charge in [0.2, 0.25) is 5.91 Å². The monoisotopic (exact) mass is 516 g/mol. The van der Waals surface area contributed by atoms with Crippen molar-refractivity contribution in [2.45, 2.75) is 38.5 Å². The van der Waals surface area contributed by atoms with Crippen LogP contribution in [-0.2, 0) is 4.79 Å². The molecule has 35 heavy (non-hydrogen) atoms. The molecule has 0 spiro atoms. The standard InChI is InChI=1S/C22H24F4N4O4S/c23-17-13-14(20(32)27-12-4-2-1-3-5-19(31)30-33)6-11-18(17)29-21(35)28-15-7-9-16(10-8-15)34-22(24,25)26/h6-11,13,33H,1-5,12H2,(H,27,32)(H,30,31)(H2,28,29,35). The van der Waals surface area contributed by atoms with E-state index in [1.54, 1.807) is 5.48 Å². The highest BCUT2D eigenvalue weighted by atomic mass is 32.1. The van der Waals surface area contributed by atoms with Gasteiger partial charge in [0.05, 0.1) is 5.69 Å². The van der Waals surface area contributed by atoms with Crippen LogP contribution in [0.2, 0.25) is 0 Å². The van der Waals surface area contributed by atoms with E-state index in [0.717, 1.165) is 31.0 Å². The number of alkyl halides is 3. The molecule has 0 heterocycles. The lowest BCUT2D eigenvalue weighted by Crippen LogP contribution is -2.25. The smallest absolute Gasteiger partial charge is 0.406 e. The Balaban J connectivity index is 1.77. The minimum Gasteiger partial charge on any atom is -0.406 e. The summed E-state index contributed by atoms with van der Waals surface area (Å²) in [5, 5.41) is 16.4. The molecule has 0 aromatic heterocycles.